The van der Waals surface area contributed by atoms with E-state index in [1.165, 1.54) is 6.92 Å². The molecule has 1 amide bonds. The Balaban J connectivity index is 1.79. The number of rotatable bonds is 8. The van der Waals surface area contributed by atoms with Crippen LogP contribution < -0.4 is 4.74 Å². The number of benzene rings is 2. The molecule has 0 radical (unpaired) electrons. The molecule has 0 saturated heterocycles. The van der Waals surface area contributed by atoms with Crippen molar-refractivity contribution in [1.82, 2.24) is 4.90 Å². The lowest BCUT2D eigenvalue weighted by molar-refractivity contribution is -0.145. The van der Waals surface area contributed by atoms with Crippen molar-refractivity contribution in [2.24, 2.45) is 0 Å². The molecular weight excluding hydrogens is 318 g/mol. The van der Waals surface area contributed by atoms with Gasteiger partial charge >= 0.3 is 5.97 Å². The van der Waals surface area contributed by atoms with Gasteiger partial charge in [0.1, 0.15) is 12.4 Å². The number of methoxy groups -OCH3 is 1. The zero-order valence-corrected chi connectivity index (χ0v) is 14.6. The number of esters is 1. The van der Waals surface area contributed by atoms with Crippen LogP contribution in [0.2, 0.25) is 0 Å². The second kappa shape index (κ2) is 9.47. The Morgan fingerprint density at radius 2 is 1.64 bits per heavy atom. The van der Waals surface area contributed by atoms with Gasteiger partial charge in [-0.15, -0.1) is 0 Å². The van der Waals surface area contributed by atoms with Crippen LogP contribution in [0.25, 0.3) is 0 Å². The molecule has 0 bridgehead atoms. The summed E-state index contributed by atoms with van der Waals surface area (Å²) < 4.78 is 10.3. The molecule has 0 fully saturated rings. The highest BCUT2D eigenvalue weighted by Gasteiger charge is 2.12. The third-order valence-corrected chi connectivity index (χ3v) is 3.81. The second-order valence-electron chi connectivity index (χ2n) is 5.68. The maximum absolute atomic E-state index is 11.9. The standard InChI is InChI=1S/C20H23NO4/c1-16(22)21(14-17-6-4-3-5-7-17)13-12-20(23)25-15-18-8-10-19(24-2)11-9-18/h3-11H,12-15H2,1-2H3. The van der Waals surface area contributed by atoms with Crippen LogP contribution in [-0.2, 0) is 27.5 Å². The van der Waals surface area contributed by atoms with Crippen LogP contribution >= 0.6 is 0 Å². The Hall–Kier alpha value is -2.82. The van der Waals surface area contributed by atoms with Crippen molar-refractivity contribution in [3.05, 3.63) is 65.7 Å². The SMILES string of the molecule is COc1ccc(COC(=O)CCN(Cc2ccccc2)C(C)=O)cc1. The molecule has 0 atom stereocenters. The van der Waals surface area contributed by atoms with Crippen LogP contribution in [0, 0.1) is 0 Å². The lowest BCUT2D eigenvalue weighted by Gasteiger charge is -2.20. The summed E-state index contributed by atoms with van der Waals surface area (Å²) in [5.41, 5.74) is 1.92. The van der Waals surface area contributed by atoms with Crippen LogP contribution in [0.1, 0.15) is 24.5 Å². The molecule has 2 aromatic carbocycles. The van der Waals surface area contributed by atoms with E-state index in [4.69, 9.17) is 9.47 Å². The highest BCUT2D eigenvalue weighted by atomic mass is 16.5. The first-order valence-electron chi connectivity index (χ1n) is 8.16. The van der Waals surface area contributed by atoms with E-state index in [1.807, 2.05) is 54.6 Å². The molecule has 0 aliphatic rings. The molecule has 0 aliphatic carbocycles. The van der Waals surface area contributed by atoms with Crippen molar-refractivity contribution in [3.8, 4) is 5.75 Å². The molecule has 0 heterocycles. The summed E-state index contributed by atoms with van der Waals surface area (Å²) in [5, 5.41) is 0. The molecule has 25 heavy (non-hydrogen) atoms. The number of nitrogens with zero attached hydrogens (tertiary/aromatic N) is 1. The van der Waals surface area contributed by atoms with E-state index in [-0.39, 0.29) is 24.9 Å². The molecule has 2 aromatic rings. The van der Waals surface area contributed by atoms with Gasteiger partial charge in [-0.1, -0.05) is 42.5 Å². The fourth-order valence-electron chi connectivity index (χ4n) is 2.34. The van der Waals surface area contributed by atoms with E-state index in [9.17, 15) is 9.59 Å². The van der Waals surface area contributed by atoms with E-state index in [2.05, 4.69) is 0 Å². The molecule has 2 rings (SSSR count). The molecule has 5 nitrogen and oxygen atoms in total. The van der Waals surface area contributed by atoms with E-state index >= 15 is 0 Å². The van der Waals surface area contributed by atoms with Crippen molar-refractivity contribution in [2.75, 3.05) is 13.7 Å². The lowest BCUT2D eigenvalue weighted by atomic mass is 10.2. The third-order valence-electron chi connectivity index (χ3n) is 3.81. The average Bonchev–Trinajstić information content (AvgIpc) is 2.64. The molecule has 0 aromatic heterocycles. The monoisotopic (exact) mass is 341 g/mol. The van der Waals surface area contributed by atoms with Gasteiger partial charge < -0.3 is 14.4 Å². The Morgan fingerprint density at radius 3 is 2.24 bits per heavy atom. The summed E-state index contributed by atoms with van der Waals surface area (Å²) in [7, 11) is 1.60. The van der Waals surface area contributed by atoms with Crippen LogP contribution in [0.5, 0.6) is 5.75 Å². The predicted octanol–water partition coefficient (Wildman–Crippen LogP) is 3.18. The Labute approximate surface area is 148 Å². The fourth-order valence-corrected chi connectivity index (χ4v) is 2.34. The van der Waals surface area contributed by atoms with Gasteiger partial charge in [0.2, 0.25) is 5.91 Å². The first kappa shape index (κ1) is 18.5. The molecule has 0 aliphatic heterocycles. The minimum atomic E-state index is -0.324. The number of hydrogen-bond donors (Lipinski definition) is 0. The van der Waals surface area contributed by atoms with Crippen molar-refractivity contribution < 1.29 is 19.1 Å². The van der Waals surface area contributed by atoms with Crippen molar-refractivity contribution in [1.29, 1.82) is 0 Å². The number of carbonyl (C=O) groups is 2. The zero-order valence-electron chi connectivity index (χ0n) is 14.6. The smallest absolute Gasteiger partial charge is 0.307 e. The van der Waals surface area contributed by atoms with Gasteiger partial charge in [-0.05, 0) is 23.3 Å². The van der Waals surface area contributed by atoms with Gasteiger partial charge in [-0.25, -0.2) is 0 Å². The summed E-state index contributed by atoms with van der Waals surface area (Å²) in [6.07, 6.45) is 0.169. The number of carbonyl (C=O) groups excluding carboxylic acids is 2. The molecule has 5 heteroatoms. The Kier molecular flexibility index (Phi) is 7.01. The molecule has 0 N–H and O–H groups in total. The van der Waals surface area contributed by atoms with Crippen molar-refractivity contribution in [2.45, 2.75) is 26.5 Å². The maximum Gasteiger partial charge on any atom is 0.307 e. The Morgan fingerprint density at radius 1 is 0.960 bits per heavy atom. The average molecular weight is 341 g/mol. The fraction of sp³-hybridized carbons (Fsp3) is 0.300. The third kappa shape index (κ3) is 6.30. The summed E-state index contributed by atoms with van der Waals surface area (Å²) in [6.45, 7) is 2.54. The van der Waals surface area contributed by atoms with Crippen molar-refractivity contribution >= 4 is 11.9 Å². The van der Waals surface area contributed by atoms with Crippen LogP contribution in [0.15, 0.2) is 54.6 Å². The van der Waals surface area contributed by atoms with Gasteiger partial charge in [0.25, 0.3) is 0 Å². The first-order chi connectivity index (χ1) is 12.1. The van der Waals surface area contributed by atoms with E-state index < -0.39 is 0 Å². The molecular formula is C20H23NO4. The number of amides is 1. The van der Waals surface area contributed by atoms with Crippen LogP contribution in [-0.4, -0.2) is 30.4 Å². The molecule has 0 saturated carbocycles. The summed E-state index contributed by atoms with van der Waals surface area (Å²) in [4.78, 5) is 25.3. The van der Waals surface area contributed by atoms with Gasteiger partial charge in [0.15, 0.2) is 0 Å². The summed E-state index contributed by atoms with van der Waals surface area (Å²) in [5.74, 6) is 0.370. The van der Waals surface area contributed by atoms with E-state index in [0.29, 0.717) is 13.1 Å². The second-order valence-corrected chi connectivity index (χ2v) is 5.68. The highest BCUT2D eigenvalue weighted by molar-refractivity contribution is 5.75. The van der Waals surface area contributed by atoms with Gasteiger partial charge in [0, 0.05) is 20.0 Å². The van der Waals surface area contributed by atoms with Gasteiger partial charge in [-0.3, -0.25) is 9.59 Å². The quantitative estimate of drug-likeness (QED) is 0.692. The first-order valence-corrected chi connectivity index (χ1v) is 8.16. The predicted molar refractivity (Wildman–Crippen MR) is 94.9 cm³/mol. The number of ether oxygens (including phenoxy) is 2. The largest absolute Gasteiger partial charge is 0.497 e. The van der Waals surface area contributed by atoms with E-state index in [1.54, 1.807) is 12.0 Å². The minimum Gasteiger partial charge on any atom is -0.497 e. The minimum absolute atomic E-state index is 0.0631. The van der Waals surface area contributed by atoms with Gasteiger partial charge in [0.05, 0.1) is 13.5 Å². The van der Waals surface area contributed by atoms with Crippen LogP contribution in [0.3, 0.4) is 0 Å². The van der Waals surface area contributed by atoms with Crippen LogP contribution in [0.4, 0.5) is 0 Å². The zero-order chi connectivity index (χ0) is 18.1. The van der Waals surface area contributed by atoms with Crippen molar-refractivity contribution in [3.63, 3.8) is 0 Å². The highest BCUT2D eigenvalue weighted by Crippen LogP contribution is 2.12. The Bertz CT molecular complexity index is 683. The molecule has 132 valence electrons. The number of hydrogen-bond acceptors (Lipinski definition) is 4. The normalized spacial score (nSPS) is 10.2. The lowest BCUT2D eigenvalue weighted by Crippen LogP contribution is -2.30. The summed E-state index contributed by atoms with van der Waals surface area (Å²) in [6, 6.07) is 17.0. The topological polar surface area (TPSA) is 55.8 Å². The molecule has 0 unspecified atom stereocenters. The summed E-state index contributed by atoms with van der Waals surface area (Å²) >= 11 is 0. The van der Waals surface area contributed by atoms with Gasteiger partial charge in [-0.2, -0.15) is 0 Å². The maximum atomic E-state index is 11.9. The van der Waals surface area contributed by atoms with E-state index in [0.717, 1.165) is 16.9 Å². The molecule has 0 spiro atoms.